The van der Waals surface area contributed by atoms with Crippen LogP contribution in [0.25, 0.3) is 22.4 Å². The molecule has 28 heavy (non-hydrogen) atoms. The van der Waals surface area contributed by atoms with Crippen LogP contribution in [0, 0.1) is 6.92 Å². The highest BCUT2D eigenvalue weighted by Crippen LogP contribution is 2.39. The first-order chi connectivity index (χ1) is 13.5. The van der Waals surface area contributed by atoms with Gasteiger partial charge in [-0.05, 0) is 41.1 Å². The van der Waals surface area contributed by atoms with Crippen LogP contribution in [0.15, 0.2) is 30.5 Å². The van der Waals surface area contributed by atoms with Crippen molar-refractivity contribution in [3.63, 3.8) is 0 Å². The molecule has 0 spiro atoms. The molecule has 0 saturated heterocycles. The lowest BCUT2D eigenvalue weighted by molar-refractivity contribution is 0.418. The third-order valence-electron chi connectivity index (χ3n) is 4.20. The predicted molar refractivity (Wildman–Crippen MR) is 121 cm³/mol. The smallest absolute Gasteiger partial charge is 0.167 e. The van der Waals surface area contributed by atoms with Crippen LogP contribution in [0.5, 0.6) is 5.75 Å². The lowest BCUT2D eigenvalue weighted by Crippen LogP contribution is -1.99. The van der Waals surface area contributed by atoms with Crippen LogP contribution in [-0.4, -0.2) is 36.4 Å². The number of ether oxygens (including phenoxy) is 1. The molecule has 0 saturated carbocycles. The zero-order valence-electron chi connectivity index (χ0n) is 15.2. The maximum Gasteiger partial charge on any atom is 0.167 e. The zero-order valence-corrected chi connectivity index (χ0v) is 19.1. The van der Waals surface area contributed by atoms with Gasteiger partial charge < -0.3 is 10.1 Å². The number of imidazole rings is 1. The third-order valence-corrected chi connectivity index (χ3v) is 6.55. The van der Waals surface area contributed by atoms with Crippen molar-refractivity contribution in [2.45, 2.75) is 6.92 Å². The first-order valence-electron chi connectivity index (χ1n) is 8.24. The molecule has 4 rings (SSSR count). The van der Waals surface area contributed by atoms with Crippen LogP contribution < -0.4 is 10.1 Å². The van der Waals surface area contributed by atoms with Gasteiger partial charge in [-0.1, -0.05) is 17.7 Å². The molecule has 144 valence electrons. The summed E-state index contributed by atoms with van der Waals surface area (Å²) < 4.78 is 7.73. The van der Waals surface area contributed by atoms with Crippen LogP contribution in [0.1, 0.15) is 5.82 Å². The SMILES string of the molecule is COc1c(Nc2cc(Cl)nc3c2nc(C)n3PI)cccc1-c1cnn(C)n1. The molecule has 1 aromatic carbocycles. The van der Waals surface area contributed by atoms with Gasteiger partial charge in [0, 0.05) is 18.7 Å². The van der Waals surface area contributed by atoms with E-state index in [2.05, 4.69) is 47.5 Å². The Morgan fingerprint density at radius 2 is 2.07 bits per heavy atom. The summed E-state index contributed by atoms with van der Waals surface area (Å²) >= 11 is 8.60. The van der Waals surface area contributed by atoms with Crippen molar-refractivity contribution >= 4 is 62.6 Å². The number of hydrogen-bond acceptors (Lipinski definition) is 6. The highest BCUT2D eigenvalue weighted by atomic mass is 127. The van der Waals surface area contributed by atoms with E-state index in [1.54, 1.807) is 26.4 Å². The van der Waals surface area contributed by atoms with Crippen LogP contribution in [0.2, 0.25) is 5.15 Å². The highest BCUT2D eigenvalue weighted by Gasteiger charge is 2.17. The summed E-state index contributed by atoms with van der Waals surface area (Å²) in [4.78, 5) is 10.6. The highest BCUT2D eigenvalue weighted by molar-refractivity contribution is 14.2. The number of methoxy groups -OCH3 is 1. The minimum absolute atomic E-state index is 0.398. The average molecular weight is 528 g/mol. The Morgan fingerprint density at radius 1 is 1.25 bits per heavy atom. The molecule has 1 unspecified atom stereocenters. The number of benzene rings is 1. The van der Waals surface area contributed by atoms with Crippen LogP contribution in [-0.2, 0) is 7.05 Å². The minimum Gasteiger partial charge on any atom is -0.494 e. The van der Waals surface area contributed by atoms with Gasteiger partial charge >= 0.3 is 0 Å². The van der Waals surface area contributed by atoms with E-state index in [1.807, 2.05) is 29.5 Å². The Morgan fingerprint density at radius 3 is 2.75 bits per heavy atom. The fraction of sp³-hybridized carbons (Fsp3) is 0.176. The maximum atomic E-state index is 6.29. The number of aromatic nitrogens is 6. The molecule has 1 atom stereocenters. The largest absolute Gasteiger partial charge is 0.494 e. The number of nitrogens with one attached hydrogen (secondary N) is 1. The van der Waals surface area contributed by atoms with Gasteiger partial charge in [0.15, 0.2) is 11.4 Å². The summed E-state index contributed by atoms with van der Waals surface area (Å²) in [6, 6.07) is 7.58. The topological polar surface area (TPSA) is 82.7 Å². The molecule has 3 heterocycles. The summed E-state index contributed by atoms with van der Waals surface area (Å²) in [5.41, 5.74) is 4.63. The summed E-state index contributed by atoms with van der Waals surface area (Å²) in [7, 11) is 3.41. The Kier molecular flexibility index (Phi) is 5.39. The van der Waals surface area contributed by atoms with Gasteiger partial charge in [-0.2, -0.15) is 15.0 Å². The van der Waals surface area contributed by atoms with Crippen molar-refractivity contribution in [3.05, 3.63) is 41.4 Å². The summed E-state index contributed by atoms with van der Waals surface area (Å²) in [6.45, 7) is 1.96. The van der Waals surface area contributed by atoms with Crippen molar-refractivity contribution in [2.24, 2.45) is 7.05 Å². The molecule has 0 bridgehead atoms. The van der Waals surface area contributed by atoms with Gasteiger partial charge in [-0.3, -0.25) is 4.34 Å². The number of rotatable bonds is 5. The fourth-order valence-corrected chi connectivity index (χ4v) is 5.32. The van der Waals surface area contributed by atoms with Crippen molar-refractivity contribution < 1.29 is 4.74 Å². The Labute approximate surface area is 181 Å². The monoisotopic (exact) mass is 527 g/mol. The average Bonchev–Trinajstić information content (AvgIpc) is 3.24. The molecular weight excluding hydrogens is 512 g/mol. The number of fused-ring (bicyclic) bond motifs is 1. The molecule has 0 aliphatic rings. The third kappa shape index (κ3) is 3.42. The molecule has 8 nitrogen and oxygen atoms in total. The fourth-order valence-electron chi connectivity index (χ4n) is 2.99. The van der Waals surface area contributed by atoms with Gasteiger partial charge in [0.2, 0.25) is 0 Å². The molecule has 1 N–H and O–H groups in total. The van der Waals surface area contributed by atoms with Crippen molar-refractivity contribution in [2.75, 3.05) is 12.4 Å². The van der Waals surface area contributed by atoms with Crippen molar-refractivity contribution in [3.8, 4) is 17.0 Å². The number of nitrogens with zero attached hydrogens (tertiary/aromatic N) is 6. The maximum absolute atomic E-state index is 6.29. The lowest BCUT2D eigenvalue weighted by atomic mass is 10.1. The number of pyridine rings is 1. The molecule has 0 aliphatic heterocycles. The van der Waals surface area contributed by atoms with Crippen molar-refractivity contribution in [1.82, 2.24) is 29.3 Å². The van der Waals surface area contributed by atoms with Crippen LogP contribution in [0.3, 0.4) is 0 Å². The molecule has 11 heteroatoms. The van der Waals surface area contributed by atoms with Crippen LogP contribution in [0.4, 0.5) is 11.4 Å². The Balaban J connectivity index is 1.84. The first kappa shape index (κ1) is 19.4. The molecule has 4 aromatic rings. The van der Waals surface area contributed by atoms with Gasteiger partial charge in [0.05, 0.1) is 31.1 Å². The number of aryl methyl sites for hydroxylation is 2. The lowest BCUT2D eigenvalue weighted by Gasteiger charge is -2.14. The minimum atomic E-state index is 0.398. The van der Waals surface area contributed by atoms with Gasteiger partial charge in [-0.25, -0.2) is 9.97 Å². The summed E-state index contributed by atoms with van der Waals surface area (Å²) in [5.74, 6) is 1.55. The molecule has 3 aromatic heterocycles. The second kappa shape index (κ2) is 7.81. The number of anilines is 2. The number of halogens is 2. The second-order valence-corrected chi connectivity index (χ2v) is 8.43. The molecule has 0 amide bonds. The van der Waals surface area contributed by atoms with Gasteiger partial charge in [-0.15, -0.1) is 0 Å². The van der Waals surface area contributed by atoms with E-state index in [4.69, 9.17) is 16.3 Å². The normalized spacial score (nSPS) is 11.6. The van der Waals surface area contributed by atoms with E-state index in [-0.39, 0.29) is 0 Å². The summed E-state index contributed by atoms with van der Waals surface area (Å²) in [6.07, 6.45) is 2.18. The predicted octanol–water partition coefficient (Wildman–Crippen LogP) is 4.73. The quantitative estimate of drug-likeness (QED) is 0.230. The molecule has 0 radical (unpaired) electrons. The number of para-hydroxylation sites is 1. The first-order valence-corrected chi connectivity index (χ1v) is 12.7. The second-order valence-electron chi connectivity index (χ2n) is 5.97. The van der Waals surface area contributed by atoms with E-state index in [9.17, 15) is 0 Å². The van der Waals surface area contributed by atoms with Gasteiger partial charge in [0.1, 0.15) is 22.2 Å². The van der Waals surface area contributed by atoms with E-state index in [1.165, 1.54) is 4.80 Å². The van der Waals surface area contributed by atoms with Gasteiger partial charge in [0.25, 0.3) is 0 Å². The zero-order chi connectivity index (χ0) is 19.8. The summed E-state index contributed by atoms with van der Waals surface area (Å²) in [5, 5.41) is 12.3. The van der Waals surface area contributed by atoms with E-state index in [0.29, 0.717) is 17.3 Å². The van der Waals surface area contributed by atoms with Crippen molar-refractivity contribution in [1.29, 1.82) is 0 Å². The molecular formula is C17H16ClIN7OP. The van der Waals surface area contributed by atoms with E-state index >= 15 is 0 Å². The van der Waals surface area contributed by atoms with E-state index < -0.39 is 0 Å². The molecule has 0 fully saturated rings. The van der Waals surface area contributed by atoms with Crippen LogP contribution >= 0.6 is 40.0 Å². The standard InChI is InChI=1S/C17H16ClIN7OP/c1-9-21-15-12(7-14(18)23-17(15)26(9)28-19)22-11-6-4-5-10(16(11)27-3)13-8-20-25(2)24-13/h4-8,28H,1-3H3,(H,22,23). The van der Waals surface area contributed by atoms with E-state index in [0.717, 1.165) is 39.6 Å². The Bertz CT molecular complexity index is 1180. The Hall–Kier alpha value is -1.97. The molecule has 0 aliphatic carbocycles. The number of hydrogen-bond donors (Lipinski definition) is 1.